The number of halogens is 1. The number of nitrogens with zero attached hydrogens (tertiary/aromatic N) is 2. The molecular formula is C21H20ClN3O2. The molecule has 2 aromatic carbocycles. The first-order valence-corrected chi connectivity index (χ1v) is 9.22. The summed E-state index contributed by atoms with van der Waals surface area (Å²) >= 11 is 6.19. The molecular weight excluding hydrogens is 362 g/mol. The predicted molar refractivity (Wildman–Crippen MR) is 107 cm³/mol. The van der Waals surface area contributed by atoms with Crippen molar-refractivity contribution in [3.05, 3.63) is 80.7 Å². The van der Waals surface area contributed by atoms with Gasteiger partial charge in [-0.3, -0.25) is 4.79 Å². The molecule has 1 aromatic heterocycles. The van der Waals surface area contributed by atoms with Crippen LogP contribution < -0.4 is 15.6 Å². The van der Waals surface area contributed by atoms with Gasteiger partial charge in [0.2, 0.25) is 5.95 Å². The van der Waals surface area contributed by atoms with E-state index in [1.54, 1.807) is 13.2 Å². The molecule has 138 valence electrons. The fourth-order valence-corrected chi connectivity index (χ4v) is 3.83. The zero-order chi connectivity index (χ0) is 19.0. The second-order valence-corrected chi connectivity index (χ2v) is 7.13. The number of hydrogen-bond donors (Lipinski definition) is 1. The van der Waals surface area contributed by atoms with Crippen LogP contribution in [0.15, 0.2) is 53.3 Å². The molecule has 5 nitrogen and oxygen atoms in total. The fourth-order valence-electron chi connectivity index (χ4n) is 3.63. The summed E-state index contributed by atoms with van der Waals surface area (Å²) in [4.78, 5) is 16.4. The van der Waals surface area contributed by atoms with Crippen molar-refractivity contribution in [2.24, 2.45) is 0 Å². The van der Waals surface area contributed by atoms with Crippen LogP contribution in [0.5, 0.6) is 5.75 Å². The molecule has 27 heavy (non-hydrogen) atoms. The highest BCUT2D eigenvalue weighted by Gasteiger charge is 2.26. The van der Waals surface area contributed by atoms with E-state index in [0.717, 1.165) is 41.1 Å². The van der Waals surface area contributed by atoms with Crippen LogP contribution in [-0.2, 0) is 6.42 Å². The minimum Gasteiger partial charge on any atom is -0.497 e. The molecule has 2 heterocycles. The first-order chi connectivity index (χ1) is 13.0. The van der Waals surface area contributed by atoms with Gasteiger partial charge in [-0.2, -0.15) is 4.98 Å². The van der Waals surface area contributed by atoms with E-state index in [4.69, 9.17) is 16.3 Å². The first-order valence-electron chi connectivity index (χ1n) is 8.85. The molecule has 6 heteroatoms. The van der Waals surface area contributed by atoms with E-state index in [-0.39, 0.29) is 11.6 Å². The van der Waals surface area contributed by atoms with Crippen LogP contribution in [-0.4, -0.2) is 16.7 Å². The molecule has 0 radical (unpaired) electrons. The summed E-state index contributed by atoms with van der Waals surface area (Å²) in [6.07, 6.45) is 1.73. The molecule has 1 aliphatic rings. The van der Waals surface area contributed by atoms with E-state index in [2.05, 4.69) is 20.9 Å². The highest BCUT2D eigenvalue weighted by atomic mass is 35.5. The summed E-state index contributed by atoms with van der Waals surface area (Å²) in [6.45, 7) is 1.99. The lowest BCUT2D eigenvalue weighted by Gasteiger charge is -2.21. The molecule has 4 rings (SSSR count). The lowest BCUT2D eigenvalue weighted by molar-refractivity contribution is 0.414. The quantitative estimate of drug-likeness (QED) is 0.723. The average molecular weight is 382 g/mol. The van der Waals surface area contributed by atoms with E-state index in [9.17, 15) is 4.79 Å². The number of rotatable bonds is 4. The van der Waals surface area contributed by atoms with Gasteiger partial charge in [0.25, 0.3) is 5.56 Å². The van der Waals surface area contributed by atoms with Gasteiger partial charge in [0.1, 0.15) is 5.75 Å². The molecule has 0 spiro atoms. The van der Waals surface area contributed by atoms with Gasteiger partial charge in [0.15, 0.2) is 0 Å². The normalized spacial score (nSPS) is 15.4. The minimum atomic E-state index is -0.235. The Morgan fingerprint density at radius 1 is 1.22 bits per heavy atom. The van der Waals surface area contributed by atoms with Gasteiger partial charge >= 0.3 is 0 Å². The van der Waals surface area contributed by atoms with Gasteiger partial charge in [0.05, 0.1) is 13.2 Å². The van der Waals surface area contributed by atoms with Crippen molar-refractivity contribution in [1.29, 1.82) is 0 Å². The van der Waals surface area contributed by atoms with Gasteiger partial charge in [-0.05, 0) is 61.2 Å². The van der Waals surface area contributed by atoms with Crippen molar-refractivity contribution in [1.82, 2.24) is 9.55 Å². The molecule has 0 saturated heterocycles. The third kappa shape index (κ3) is 3.43. The highest BCUT2D eigenvalue weighted by molar-refractivity contribution is 6.30. The summed E-state index contributed by atoms with van der Waals surface area (Å²) in [5.74, 6) is 1.34. The maximum absolute atomic E-state index is 12.1. The van der Waals surface area contributed by atoms with E-state index < -0.39 is 0 Å². The monoisotopic (exact) mass is 381 g/mol. The van der Waals surface area contributed by atoms with Gasteiger partial charge in [0, 0.05) is 22.5 Å². The lowest BCUT2D eigenvalue weighted by atomic mass is 10.0. The second-order valence-electron chi connectivity index (χ2n) is 6.69. The molecule has 1 aliphatic heterocycles. The average Bonchev–Trinajstić information content (AvgIpc) is 3.07. The Labute approximate surface area is 162 Å². The third-order valence-electron chi connectivity index (χ3n) is 4.94. The van der Waals surface area contributed by atoms with Crippen LogP contribution in [0.25, 0.3) is 0 Å². The van der Waals surface area contributed by atoms with E-state index in [1.807, 2.05) is 43.3 Å². The smallest absolute Gasteiger partial charge is 0.274 e. The minimum absolute atomic E-state index is 0.0906. The zero-order valence-electron chi connectivity index (χ0n) is 15.2. The molecule has 0 aliphatic carbocycles. The Morgan fingerprint density at radius 2 is 2.07 bits per heavy atom. The molecule has 1 N–H and O–H groups in total. The maximum atomic E-state index is 12.1. The Balaban J connectivity index is 1.78. The SMILES string of the molecule is COc1ccc(Nc2nc(=O)cc3n2C(c2cccc(Cl)c2)CC3)c(C)c1. The van der Waals surface area contributed by atoms with Crippen molar-refractivity contribution < 1.29 is 4.74 Å². The summed E-state index contributed by atoms with van der Waals surface area (Å²) in [6, 6.07) is 15.3. The molecule has 0 saturated carbocycles. The van der Waals surface area contributed by atoms with Crippen molar-refractivity contribution in [2.45, 2.75) is 25.8 Å². The number of ether oxygens (including phenoxy) is 1. The third-order valence-corrected chi connectivity index (χ3v) is 5.18. The number of benzene rings is 2. The number of aryl methyl sites for hydroxylation is 2. The molecule has 1 unspecified atom stereocenters. The standard InChI is InChI=1S/C21H20ClN3O2/c1-13-10-17(27-2)7-8-18(13)23-21-24-20(26)12-16-6-9-19(25(16)21)14-4-3-5-15(22)11-14/h3-5,7-8,10-12,19H,6,9H2,1-2H3,(H,23,24,26). The Bertz CT molecular complexity index is 1060. The zero-order valence-corrected chi connectivity index (χ0v) is 16.0. The Kier molecular flexibility index (Phi) is 4.62. The summed E-state index contributed by atoms with van der Waals surface area (Å²) in [5.41, 5.74) is 3.76. The Morgan fingerprint density at radius 3 is 2.81 bits per heavy atom. The van der Waals surface area contributed by atoms with Gasteiger partial charge < -0.3 is 14.6 Å². The maximum Gasteiger partial charge on any atom is 0.274 e. The van der Waals surface area contributed by atoms with Crippen molar-refractivity contribution in [3.63, 3.8) is 0 Å². The van der Waals surface area contributed by atoms with Crippen LogP contribution in [0.3, 0.4) is 0 Å². The van der Waals surface area contributed by atoms with E-state index >= 15 is 0 Å². The number of methoxy groups -OCH3 is 1. The van der Waals surface area contributed by atoms with Crippen LogP contribution in [0.2, 0.25) is 5.02 Å². The van der Waals surface area contributed by atoms with Crippen LogP contribution in [0, 0.1) is 6.92 Å². The van der Waals surface area contributed by atoms with Gasteiger partial charge in [-0.25, -0.2) is 0 Å². The molecule has 3 aromatic rings. The Hall–Kier alpha value is -2.79. The number of nitrogens with one attached hydrogen (secondary N) is 1. The molecule has 0 bridgehead atoms. The lowest BCUT2D eigenvalue weighted by Crippen LogP contribution is -2.19. The molecule has 0 amide bonds. The predicted octanol–water partition coefficient (Wildman–Crippen LogP) is 4.49. The van der Waals surface area contributed by atoms with Crippen LogP contribution in [0.4, 0.5) is 11.6 Å². The van der Waals surface area contributed by atoms with Crippen molar-refractivity contribution >= 4 is 23.2 Å². The van der Waals surface area contributed by atoms with Gasteiger partial charge in [-0.1, -0.05) is 23.7 Å². The fraction of sp³-hybridized carbons (Fsp3) is 0.238. The first kappa shape index (κ1) is 17.6. The summed E-state index contributed by atoms with van der Waals surface area (Å²) < 4.78 is 7.38. The number of anilines is 2. The van der Waals surface area contributed by atoms with E-state index in [0.29, 0.717) is 11.0 Å². The van der Waals surface area contributed by atoms with Crippen molar-refractivity contribution in [3.8, 4) is 5.75 Å². The highest BCUT2D eigenvalue weighted by Crippen LogP contribution is 2.35. The number of fused-ring (bicyclic) bond motifs is 1. The van der Waals surface area contributed by atoms with Gasteiger partial charge in [-0.15, -0.1) is 0 Å². The van der Waals surface area contributed by atoms with Crippen LogP contribution >= 0.6 is 11.6 Å². The van der Waals surface area contributed by atoms with Crippen LogP contribution in [0.1, 0.15) is 29.3 Å². The molecule has 0 fully saturated rings. The largest absolute Gasteiger partial charge is 0.497 e. The van der Waals surface area contributed by atoms with Crippen molar-refractivity contribution in [2.75, 3.05) is 12.4 Å². The van der Waals surface area contributed by atoms with E-state index in [1.165, 1.54) is 0 Å². The summed E-state index contributed by atoms with van der Waals surface area (Å²) in [5, 5.41) is 4.05. The number of hydrogen-bond acceptors (Lipinski definition) is 4. The number of aromatic nitrogens is 2. The second kappa shape index (κ2) is 7.08. The topological polar surface area (TPSA) is 56.1 Å². The summed E-state index contributed by atoms with van der Waals surface area (Å²) in [7, 11) is 1.64. The molecule has 1 atom stereocenters.